The second-order valence-electron chi connectivity index (χ2n) is 3.83. The molecule has 0 aliphatic carbocycles. The number of nitrogens with zero attached hydrogens (tertiary/aromatic N) is 1. The zero-order chi connectivity index (χ0) is 10.5. The fourth-order valence-corrected chi connectivity index (χ4v) is 1.91. The number of allylic oxidation sites excluding steroid dienone is 1. The number of anilines is 1. The highest BCUT2D eigenvalue weighted by Crippen LogP contribution is 2.16. The topological polar surface area (TPSA) is 15.3 Å². The van der Waals surface area contributed by atoms with Crippen LogP contribution in [0, 0.1) is 0 Å². The van der Waals surface area contributed by atoms with E-state index in [1.807, 2.05) is 6.92 Å². The Morgan fingerprint density at radius 3 is 2.40 bits per heavy atom. The second-order valence-corrected chi connectivity index (χ2v) is 3.83. The lowest BCUT2D eigenvalue weighted by molar-refractivity contribution is 0.589. The highest BCUT2D eigenvalue weighted by atomic mass is 15.2. The Morgan fingerprint density at radius 2 is 1.80 bits per heavy atom. The van der Waals surface area contributed by atoms with Gasteiger partial charge < -0.3 is 10.2 Å². The summed E-state index contributed by atoms with van der Waals surface area (Å²) in [6.07, 6.45) is 4.20. The van der Waals surface area contributed by atoms with Crippen LogP contribution in [0.1, 0.15) is 12.5 Å². The standard InChI is InChI=1S/C13H18N2/c1-2-3-12-4-6-13(7-5-12)15-10-8-14-9-11-15/h2-7,14H,8-11H2,1H3/b3-2+. The van der Waals surface area contributed by atoms with Crippen molar-refractivity contribution in [2.24, 2.45) is 0 Å². The van der Waals surface area contributed by atoms with E-state index >= 15 is 0 Å². The Morgan fingerprint density at radius 1 is 1.13 bits per heavy atom. The molecule has 1 heterocycles. The van der Waals surface area contributed by atoms with Crippen molar-refractivity contribution in [3.63, 3.8) is 0 Å². The molecule has 0 bridgehead atoms. The van der Waals surface area contributed by atoms with Crippen LogP contribution < -0.4 is 10.2 Å². The van der Waals surface area contributed by atoms with E-state index in [0.717, 1.165) is 26.2 Å². The molecule has 1 aliphatic heterocycles. The van der Waals surface area contributed by atoms with E-state index in [-0.39, 0.29) is 0 Å². The average molecular weight is 202 g/mol. The molecule has 1 N–H and O–H groups in total. The molecule has 2 heteroatoms. The Balaban J connectivity index is 2.08. The maximum atomic E-state index is 3.36. The van der Waals surface area contributed by atoms with Crippen molar-refractivity contribution in [3.05, 3.63) is 35.9 Å². The number of rotatable bonds is 2. The van der Waals surface area contributed by atoms with Crippen LogP contribution in [-0.4, -0.2) is 26.2 Å². The van der Waals surface area contributed by atoms with Gasteiger partial charge in [0.25, 0.3) is 0 Å². The third-order valence-corrected chi connectivity index (χ3v) is 2.73. The van der Waals surface area contributed by atoms with Crippen LogP contribution in [0.2, 0.25) is 0 Å². The number of benzene rings is 1. The minimum Gasteiger partial charge on any atom is -0.369 e. The van der Waals surface area contributed by atoms with E-state index in [2.05, 4.69) is 46.6 Å². The van der Waals surface area contributed by atoms with Gasteiger partial charge in [0, 0.05) is 31.9 Å². The molecule has 15 heavy (non-hydrogen) atoms. The first kappa shape index (κ1) is 10.2. The summed E-state index contributed by atoms with van der Waals surface area (Å²) in [6.45, 7) is 6.46. The van der Waals surface area contributed by atoms with Crippen molar-refractivity contribution in [2.45, 2.75) is 6.92 Å². The summed E-state index contributed by atoms with van der Waals surface area (Å²) >= 11 is 0. The lowest BCUT2D eigenvalue weighted by atomic mass is 10.1. The van der Waals surface area contributed by atoms with Gasteiger partial charge in [0.2, 0.25) is 0 Å². The maximum Gasteiger partial charge on any atom is 0.0367 e. The summed E-state index contributed by atoms with van der Waals surface area (Å²) < 4.78 is 0. The van der Waals surface area contributed by atoms with E-state index in [4.69, 9.17) is 0 Å². The molecule has 0 aromatic heterocycles. The van der Waals surface area contributed by atoms with Gasteiger partial charge in [0.1, 0.15) is 0 Å². The largest absolute Gasteiger partial charge is 0.369 e. The monoisotopic (exact) mass is 202 g/mol. The minimum absolute atomic E-state index is 1.09. The molecule has 0 radical (unpaired) electrons. The molecule has 1 aliphatic rings. The summed E-state index contributed by atoms with van der Waals surface area (Å²) in [4.78, 5) is 2.43. The molecule has 0 unspecified atom stereocenters. The Bertz CT molecular complexity index is 321. The van der Waals surface area contributed by atoms with Gasteiger partial charge in [-0.1, -0.05) is 24.3 Å². The van der Waals surface area contributed by atoms with E-state index in [0.29, 0.717) is 0 Å². The van der Waals surface area contributed by atoms with E-state index in [1.54, 1.807) is 0 Å². The van der Waals surface area contributed by atoms with E-state index in [1.165, 1.54) is 11.3 Å². The third kappa shape index (κ3) is 2.60. The molecular weight excluding hydrogens is 184 g/mol. The van der Waals surface area contributed by atoms with Crippen molar-refractivity contribution < 1.29 is 0 Å². The van der Waals surface area contributed by atoms with Gasteiger partial charge >= 0.3 is 0 Å². The number of piperazine rings is 1. The lowest BCUT2D eigenvalue weighted by Gasteiger charge is -2.29. The number of hydrogen-bond acceptors (Lipinski definition) is 2. The number of nitrogens with one attached hydrogen (secondary N) is 1. The highest BCUT2D eigenvalue weighted by molar-refractivity contribution is 5.55. The normalized spacial score (nSPS) is 17.3. The SMILES string of the molecule is C/C=C/c1ccc(N2CCNCC2)cc1. The van der Waals surface area contributed by atoms with Gasteiger partial charge in [-0.05, 0) is 24.6 Å². The maximum absolute atomic E-state index is 3.36. The highest BCUT2D eigenvalue weighted by Gasteiger charge is 2.09. The number of hydrogen-bond donors (Lipinski definition) is 1. The zero-order valence-corrected chi connectivity index (χ0v) is 9.24. The summed E-state index contributed by atoms with van der Waals surface area (Å²) in [5.74, 6) is 0. The van der Waals surface area contributed by atoms with Crippen LogP contribution >= 0.6 is 0 Å². The molecule has 1 saturated heterocycles. The molecule has 80 valence electrons. The van der Waals surface area contributed by atoms with Gasteiger partial charge in [-0.15, -0.1) is 0 Å². The molecule has 2 nitrogen and oxygen atoms in total. The Kier molecular flexibility index (Phi) is 3.41. The lowest BCUT2D eigenvalue weighted by Crippen LogP contribution is -2.43. The second kappa shape index (κ2) is 4.99. The van der Waals surface area contributed by atoms with Crippen LogP contribution in [0.4, 0.5) is 5.69 Å². The molecule has 1 aromatic rings. The van der Waals surface area contributed by atoms with Gasteiger partial charge in [-0.2, -0.15) is 0 Å². The van der Waals surface area contributed by atoms with Crippen LogP contribution in [-0.2, 0) is 0 Å². The summed E-state index contributed by atoms with van der Waals surface area (Å²) in [5, 5.41) is 3.36. The smallest absolute Gasteiger partial charge is 0.0367 e. The molecule has 1 fully saturated rings. The van der Waals surface area contributed by atoms with Gasteiger partial charge in [-0.3, -0.25) is 0 Å². The first-order chi connectivity index (χ1) is 7.40. The summed E-state index contributed by atoms with van der Waals surface area (Å²) in [7, 11) is 0. The molecule has 2 rings (SSSR count). The summed E-state index contributed by atoms with van der Waals surface area (Å²) in [5.41, 5.74) is 2.61. The van der Waals surface area contributed by atoms with Crippen molar-refractivity contribution >= 4 is 11.8 Å². The average Bonchev–Trinajstić information content (AvgIpc) is 2.32. The van der Waals surface area contributed by atoms with Crippen LogP contribution in [0.3, 0.4) is 0 Å². The van der Waals surface area contributed by atoms with Crippen molar-refractivity contribution in [2.75, 3.05) is 31.1 Å². The predicted molar refractivity (Wildman–Crippen MR) is 66.2 cm³/mol. The minimum atomic E-state index is 1.09. The predicted octanol–water partition coefficient (Wildman–Crippen LogP) is 2.13. The third-order valence-electron chi connectivity index (χ3n) is 2.73. The van der Waals surface area contributed by atoms with Crippen LogP contribution in [0.15, 0.2) is 30.3 Å². The van der Waals surface area contributed by atoms with Crippen molar-refractivity contribution in [1.29, 1.82) is 0 Å². The molecule has 0 atom stereocenters. The quantitative estimate of drug-likeness (QED) is 0.790. The Hall–Kier alpha value is -1.28. The molecular formula is C13H18N2. The molecule has 1 aromatic carbocycles. The molecule has 0 saturated carbocycles. The fraction of sp³-hybridized carbons (Fsp3) is 0.385. The van der Waals surface area contributed by atoms with Gasteiger partial charge in [0.15, 0.2) is 0 Å². The first-order valence-corrected chi connectivity index (χ1v) is 5.58. The Labute approximate surface area is 91.6 Å². The fourth-order valence-electron chi connectivity index (χ4n) is 1.91. The van der Waals surface area contributed by atoms with E-state index in [9.17, 15) is 0 Å². The van der Waals surface area contributed by atoms with Gasteiger partial charge in [-0.25, -0.2) is 0 Å². The van der Waals surface area contributed by atoms with E-state index < -0.39 is 0 Å². The summed E-state index contributed by atoms with van der Waals surface area (Å²) in [6, 6.07) is 8.77. The van der Waals surface area contributed by atoms with Crippen molar-refractivity contribution in [1.82, 2.24) is 5.32 Å². The molecule has 0 amide bonds. The van der Waals surface area contributed by atoms with Crippen LogP contribution in [0.25, 0.3) is 6.08 Å². The van der Waals surface area contributed by atoms with Crippen LogP contribution in [0.5, 0.6) is 0 Å². The molecule has 0 spiro atoms. The first-order valence-electron chi connectivity index (χ1n) is 5.58. The zero-order valence-electron chi connectivity index (χ0n) is 9.24. The van der Waals surface area contributed by atoms with Crippen molar-refractivity contribution in [3.8, 4) is 0 Å². The van der Waals surface area contributed by atoms with Gasteiger partial charge in [0.05, 0.1) is 0 Å².